The van der Waals surface area contributed by atoms with Gasteiger partial charge in [0.05, 0.1) is 29.0 Å². The van der Waals surface area contributed by atoms with E-state index in [1.54, 1.807) is 36.4 Å². The van der Waals surface area contributed by atoms with Crippen molar-refractivity contribution in [2.45, 2.75) is 61.6 Å². The number of fused-ring (bicyclic) bond motifs is 1. The lowest BCUT2D eigenvalue weighted by Gasteiger charge is -2.21. The quantitative estimate of drug-likeness (QED) is 0.454. The van der Waals surface area contributed by atoms with Gasteiger partial charge in [0.15, 0.2) is 21.1 Å². The highest BCUT2D eigenvalue weighted by atomic mass is 32.2. The molecule has 9 nitrogen and oxygen atoms in total. The summed E-state index contributed by atoms with van der Waals surface area (Å²) in [6.45, 7) is 4.82. The summed E-state index contributed by atoms with van der Waals surface area (Å²) in [7, 11) is -3.31. The van der Waals surface area contributed by atoms with Crippen molar-refractivity contribution < 1.29 is 27.4 Å². The zero-order chi connectivity index (χ0) is 24.6. The number of anilines is 1. The van der Waals surface area contributed by atoms with Gasteiger partial charge >= 0.3 is 0 Å². The maximum Gasteiger partial charge on any atom is 0.259 e. The monoisotopic (exact) mass is 517 g/mol. The van der Waals surface area contributed by atoms with Crippen LogP contribution in [0.25, 0.3) is 10.3 Å². The molecule has 186 valence electrons. The van der Waals surface area contributed by atoms with E-state index in [2.05, 4.69) is 15.3 Å². The second kappa shape index (κ2) is 9.81. The number of rotatable bonds is 9. The molecule has 2 aromatic heterocycles. The van der Waals surface area contributed by atoms with Crippen LogP contribution in [0.2, 0.25) is 0 Å². The van der Waals surface area contributed by atoms with E-state index in [4.69, 9.17) is 14.2 Å². The van der Waals surface area contributed by atoms with Crippen LogP contribution in [-0.2, 0) is 24.1 Å². The number of hydrogen-bond acceptors (Lipinski definition) is 9. The number of aromatic nitrogens is 2. The smallest absolute Gasteiger partial charge is 0.259 e. The topological polar surface area (TPSA) is 117 Å². The van der Waals surface area contributed by atoms with Crippen LogP contribution in [0.3, 0.4) is 0 Å². The molecule has 0 bridgehead atoms. The fourth-order valence-electron chi connectivity index (χ4n) is 3.84. The standard InChI is InChI=1S/C24H27N3O6S2/c1-14(2)32-20-10-9-19-23(26-20)34-24(25-19)27-22(28)21(33-16-11-12-31-13-16)15-3-5-17(6-4-15)35(29,30)18-7-8-18/h3-6,9-10,14,16,18,21H,7-8,11-13H2,1-2H3,(H,25,27,28)/t16-,21?/m1/s1. The van der Waals surface area contributed by atoms with E-state index in [9.17, 15) is 13.2 Å². The van der Waals surface area contributed by atoms with Gasteiger partial charge in [-0.25, -0.2) is 18.4 Å². The predicted molar refractivity (Wildman–Crippen MR) is 132 cm³/mol. The van der Waals surface area contributed by atoms with Gasteiger partial charge in [-0.3, -0.25) is 10.1 Å². The van der Waals surface area contributed by atoms with Crippen LogP contribution in [-0.4, -0.2) is 55.0 Å². The first kappa shape index (κ1) is 24.1. The number of thiazole rings is 1. The Kier molecular flexibility index (Phi) is 6.75. The summed E-state index contributed by atoms with van der Waals surface area (Å²) >= 11 is 1.24. The summed E-state index contributed by atoms with van der Waals surface area (Å²) in [4.78, 5) is 23.2. The number of ether oxygens (including phenoxy) is 3. The first-order valence-corrected chi connectivity index (χ1v) is 14.0. The Balaban J connectivity index is 1.37. The van der Waals surface area contributed by atoms with Crippen molar-refractivity contribution in [3.05, 3.63) is 42.0 Å². The number of benzene rings is 1. The average molecular weight is 518 g/mol. The molecule has 2 aliphatic rings. The Labute approximate surface area is 207 Å². The van der Waals surface area contributed by atoms with Gasteiger partial charge < -0.3 is 14.2 Å². The second-order valence-corrected chi connectivity index (χ2v) is 12.2. The number of nitrogens with zero attached hydrogens (tertiary/aromatic N) is 2. The van der Waals surface area contributed by atoms with Crippen LogP contribution in [0.15, 0.2) is 41.3 Å². The second-order valence-electron chi connectivity index (χ2n) is 8.96. The van der Waals surface area contributed by atoms with Gasteiger partial charge in [-0.1, -0.05) is 23.5 Å². The minimum absolute atomic E-state index is 0.00447. The highest BCUT2D eigenvalue weighted by molar-refractivity contribution is 7.92. The van der Waals surface area contributed by atoms with E-state index in [1.807, 2.05) is 13.8 Å². The van der Waals surface area contributed by atoms with E-state index in [1.165, 1.54) is 11.3 Å². The largest absolute Gasteiger partial charge is 0.475 e. The van der Waals surface area contributed by atoms with Crippen molar-refractivity contribution in [2.75, 3.05) is 18.5 Å². The predicted octanol–water partition coefficient (Wildman–Crippen LogP) is 3.90. The lowest BCUT2D eigenvalue weighted by atomic mass is 10.1. The minimum Gasteiger partial charge on any atom is -0.475 e. The maximum absolute atomic E-state index is 13.3. The number of hydrogen-bond donors (Lipinski definition) is 1. The van der Waals surface area contributed by atoms with Crippen molar-refractivity contribution in [1.29, 1.82) is 0 Å². The molecule has 11 heteroatoms. The van der Waals surface area contributed by atoms with Crippen molar-refractivity contribution in [2.24, 2.45) is 0 Å². The first-order valence-electron chi connectivity index (χ1n) is 11.6. The maximum atomic E-state index is 13.3. The zero-order valence-electron chi connectivity index (χ0n) is 19.5. The number of amides is 1. The van der Waals surface area contributed by atoms with Crippen LogP contribution in [0.1, 0.15) is 44.8 Å². The summed E-state index contributed by atoms with van der Waals surface area (Å²) in [5.41, 5.74) is 1.22. The zero-order valence-corrected chi connectivity index (χ0v) is 21.1. The Bertz CT molecular complexity index is 1310. The summed E-state index contributed by atoms with van der Waals surface area (Å²) in [6, 6.07) is 9.94. The van der Waals surface area contributed by atoms with Crippen molar-refractivity contribution >= 4 is 42.6 Å². The van der Waals surface area contributed by atoms with Crippen LogP contribution >= 0.6 is 11.3 Å². The molecule has 1 aliphatic carbocycles. The van der Waals surface area contributed by atoms with Gasteiger partial charge in [-0.15, -0.1) is 0 Å². The van der Waals surface area contributed by atoms with E-state index in [-0.39, 0.29) is 22.4 Å². The Hall–Kier alpha value is -2.60. The number of pyridine rings is 1. The molecule has 2 fully saturated rings. The highest BCUT2D eigenvalue weighted by Gasteiger charge is 2.37. The molecule has 35 heavy (non-hydrogen) atoms. The summed E-state index contributed by atoms with van der Waals surface area (Å²) in [6.07, 6.45) is 0.897. The lowest BCUT2D eigenvalue weighted by Crippen LogP contribution is -2.28. The van der Waals surface area contributed by atoms with E-state index >= 15 is 0 Å². The molecule has 1 aliphatic heterocycles. The molecule has 2 atom stereocenters. The van der Waals surface area contributed by atoms with E-state index in [0.717, 1.165) is 0 Å². The fraction of sp³-hybridized carbons (Fsp3) is 0.458. The van der Waals surface area contributed by atoms with Gasteiger partial charge in [0.2, 0.25) is 5.88 Å². The molecule has 0 spiro atoms. The van der Waals surface area contributed by atoms with Crippen LogP contribution in [0.4, 0.5) is 5.13 Å². The summed E-state index contributed by atoms with van der Waals surface area (Å²) in [5, 5.41) is 2.94. The average Bonchev–Trinajstić information content (AvgIpc) is 3.43. The normalized spacial score (nSPS) is 19.2. The van der Waals surface area contributed by atoms with Gasteiger partial charge in [-0.2, -0.15) is 0 Å². The molecule has 5 rings (SSSR count). The molecule has 3 heterocycles. The number of sulfone groups is 1. The van der Waals surface area contributed by atoms with Crippen LogP contribution in [0, 0.1) is 0 Å². The van der Waals surface area contributed by atoms with Gasteiger partial charge in [-0.05, 0) is 56.9 Å². The Morgan fingerprint density at radius 2 is 1.89 bits per heavy atom. The SMILES string of the molecule is CC(C)Oc1ccc2nc(NC(=O)C(O[C@@H]3CCOC3)c3ccc(S(=O)(=O)C4CC4)cc3)sc2n1. The fourth-order valence-corrected chi connectivity index (χ4v) is 6.33. The van der Waals surface area contributed by atoms with E-state index < -0.39 is 21.8 Å². The molecule has 3 aromatic rings. The Morgan fingerprint density at radius 1 is 1.11 bits per heavy atom. The van der Waals surface area contributed by atoms with E-state index in [0.29, 0.717) is 59.4 Å². The molecular weight excluding hydrogens is 490 g/mol. The van der Waals surface area contributed by atoms with Crippen molar-refractivity contribution in [3.63, 3.8) is 0 Å². The minimum atomic E-state index is -3.31. The summed E-state index contributed by atoms with van der Waals surface area (Å²) < 4.78 is 42.2. The molecule has 1 saturated heterocycles. The number of nitrogens with one attached hydrogen (secondary N) is 1. The van der Waals surface area contributed by atoms with Crippen molar-refractivity contribution in [3.8, 4) is 5.88 Å². The number of carbonyl (C=O) groups excluding carboxylic acids is 1. The third-order valence-corrected chi connectivity index (χ3v) is 8.90. The van der Waals surface area contributed by atoms with Crippen molar-refractivity contribution in [1.82, 2.24) is 9.97 Å². The first-order chi connectivity index (χ1) is 16.8. The van der Waals surface area contributed by atoms with Gasteiger partial charge in [0.25, 0.3) is 5.91 Å². The van der Waals surface area contributed by atoms with Gasteiger partial charge in [0, 0.05) is 12.7 Å². The molecule has 1 amide bonds. The molecule has 1 N–H and O–H groups in total. The number of carbonyl (C=O) groups is 1. The molecule has 1 saturated carbocycles. The lowest BCUT2D eigenvalue weighted by molar-refractivity contribution is -0.131. The van der Waals surface area contributed by atoms with Crippen LogP contribution in [0.5, 0.6) is 5.88 Å². The Morgan fingerprint density at radius 3 is 2.54 bits per heavy atom. The summed E-state index contributed by atoms with van der Waals surface area (Å²) in [5.74, 6) is 0.102. The van der Waals surface area contributed by atoms with Gasteiger partial charge in [0.1, 0.15) is 10.3 Å². The third kappa shape index (κ3) is 5.48. The van der Waals surface area contributed by atoms with Crippen LogP contribution < -0.4 is 10.1 Å². The molecular formula is C24H27N3O6S2. The molecule has 1 aromatic carbocycles. The molecule has 0 radical (unpaired) electrons. The highest BCUT2D eigenvalue weighted by Crippen LogP contribution is 2.34. The molecule has 1 unspecified atom stereocenters. The third-order valence-electron chi connectivity index (χ3n) is 5.75.